The molecule has 0 atom stereocenters. The van der Waals surface area contributed by atoms with Crippen LogP contribution in [0.4, 0.5) is 5.69 Å². The van der Waals surface area contributed by atoms with Crippen molar-refractivity contribution in [1.82, 2.24) is 14.1 Å². The summed E-state index contributed by atoms with van der Waals surface area (Å²) in [6, 6.07) is 16.0. The van der Waals surface area contributed by atoms with Crippen LogP contribution in [0.2, 0.25) is 0 Å². The molecule has 1 spiro atoms. The quantitative estimate of drug-likeness (QED) is 0.589. The van der Waals surface area contributed by atoms with Gasteiger partial charge in [0.15, 0.2) is 0 Å². The van der Waals surface area contributed by atoms with Gasteiger partial charge >= 0.3 is 0 Å². The molecule has 3 fully saturated rings. The lowest BCUT2D eigenvalue weighted by Gasteiger charge is -2.42. The summed E-state index contributed by atoms with van der Waals surface area (Å²) in [4.78, 5) is 32.4. The minimum absolute atomic E-state index is 0.0227. The van der Waals surface area contributed by atoms with Crippen molar-refractivity contribution in [2.45, 2.75) is 36.1 Å². The van der Waals surface area contributed by atoms with E-state index < -0.39 is 15.6 Å². The average molecular weight is 513 g/mol. The maximum atomic E-state index is 13.8. The van der Waals surface area contributed by atoms with Crippen LogP contribution in [-0.4, -0.2) is 86.4 Å². The summed E-state index contributed by atoms with van der Waals surface area (Å²) in [5.74, 6) is 0.469. The third-order valence-electron chi connectivity index (χ3n) is 7.61. The van der Waals surface area contributed by atoms with Crippen LogP contribution < -0.4 is 9.64 Å². The lowest BCUT2D eigenvalue weighted by molar-refractivity contribution is -0.140. The van der Waals surface area contributed by atoms with E-state index in [0.29, 0.717) is 25.3 Å². The van der Waals surface area contributed by atoms with Crippen molar-refractivity contribution in [1.29, 1.82) is 0 Å². The molecule has 2 aromatic rings. The van der Waals surface area contributed by atoms with Gasteiger partial charge in [-0.15, -0.1) is 0 Å². The molecule has 3 aliphatic rings. The number of ether oxygens (including phenoxy) is 1. The lowest BCUT2D eigenvalue weighted by Crippen LogP contribution is -2.57. The topological polar surface area (TPSA) is 90.5 Å². The molecule has 0 aliphatic carbocycles. The van der Waals surface area contributed by atoms with Crippen molar-refractivity contribution in [2.75, 3.05) is 51.4 Å². The van der Waals surface area contributed by atoms with Gasteiger partial charge in [0.25, 0.3) is 0 Å². The zero-order valence-corrected chi connectivity index (χ0v) is 21.3. The summed E-state index contributed by atoms with van der Waals surface area (Å²) in [7, 11) is -2.17. The number of carbonyl (C=O) groups excluding carboxylic acids is 2. The highest BCUT2D eigenvalue weighted by Gasteiger charge is 2.55. The van der Waals surface area contributed by atoms with Crippen LogP contribution in [-0.2, 0) is 19.6 Å². The van der Waals surface area contributed by atoms with Crippen molar-refractivity contribution in [3.8, 4) is 5.75 Å². The third kappa shape index (κ3) is 4.32. The van der Waals surface area contributed by atoms with Gasteiger partial charge in [0.1, 0.15) is 17.8 Å². The molecule has 3 heterocycles. The van der Waals surface area contributed by atoms with Gasteiger partial charge in [-0.3, -0.25) is 9.59 Å². The molecule has 10 heteroatoms. The molecule has 36 heavy (non-hydrogen) atoms. The first-order chi connectivity index (χ1) is 17.3. The van der Waals surface area contributed by atoms with Gasteiger partial charge in [0.2, 0.25) is 21.8 Å². The van der Waals surface area contributed by atoms with Crippen LogP contribution in [0, 0.1) is 0 Å². The number of piperidine rings is 1. The number of sulfonamides is 1. The van der Waals surface area contributed by atoms with Crippen molar-refractivity contribution >= 4 is 27.5 Å². The monoisotopic (exact) mass is 512 g/mol. The fourth-order valence-corrected chi connectivity index (χ4v) is 6.99. The summed E-state index contributed by atoms with van der Waals surface area (Å²) >= 11 is 0. The maximum absolute atomic E-state index is 13.8. The van der Waals surface area contributed by atoms with Gasteiger partial charge < -0.3 is 19.4 Å². The zero-order valence-electron chi connectivity index (χ0n) is 20.5. The van der Waals surface area contributed by atoms with Crippen LogP contribution in [0.1, 0.15) is 25.7 Å². The molecule has 2 aromatic carbocycles. The highest BCUT2D eigenvalue weighted by Crippen LogP contribution is 2.40. The second-order valence-electron chi connectivity index (χ2n) is 9.61. The van der Waals surface area contributed by atoms with Gasteiger partial charge in [-0.25, -0.2) is 8.42 Å². The standard InChI is InChI=1S/C26H32N4O5S/c1-35-22-9-11-23(12-10-22)36(33,34)29-17-13-26(14-18-29)25(32)28(19-24(31)27-15-5-6-16-27)20-30(26)21-7-3-2-4-8-21/h2-4,7-12H,5-6,13-20H2,1H3. The van der Waals surface area contributed by atoms with Crippen molar-refractivity contribution in [3.05, 3.63) is 54.6 Å². The number of benzene rings is 2. The van der Waals surface area contributed by atoms with E-state index in [1.54, 1.807) is 29.2 Å². The number of hydrogen-bond donors (Lipinski definition) is 0. The van der Waals surface area contributed by atoms with E-state index in [2.05, 4.69) is 4.90 Å². The molecule has 0 radical (unpaired) electrons. The molecule has 0 saturated carbocycles. The number of amides is 2. The molecular weight excluding hydrogens is 480 g/mol. The number of nitrogens with zero attached hydrogens (tertiary/aromatic N) is 4. The smallest absolute Gasteiger partial charge is 0.250 e. The Balaban J connectivity index is 1.37. The Kier molecular flexibility index (Phi) is 6.65. The van der Waals surface area contributed by atoms with Crippen molar-refractivity contribution in [2.24, 2.45) is 0 Å². The molecular formula is C26H32N4O5S. The first-order valence-electron chi connectivity index (χ1n) is 12.4. The highest BCUT2D eigenvalue weighted by molar-refractivity contribution is 7.89. The van der Waals surface area contributed by atoms with Crippen LogP contribution >= 0.6 is 0 Å². The first-order valence-corrected chi connectivity index (χ1v) is 13.8. The first kappa shape index (κ1) is 24.6. The fraction of sp³-hybridized carbons (Fsp3) is 0.462. The second-order valence-corrected chi connectivity index (χ2v) is 11.5. The zero-order chi connectivity index (χ0) is 25.3. The molecule has 0 bridgehead atoms. The van der Waals surface area contributed by atoms with Gasteiger partial charge in [-0.2, -0.15) is 4.31 Å². The normalized spacial score (nSPS) is 20.4. The van der Waals surface area contributed by atoms with E-state index in [9.17, 15) is 18.0 Å². The number of methoxy groups -OCH3 is 1. The third-order valence-corrected chi connectivity index (χ3v) is 9.53. The van der Waals surface area contributed by atoms with Crippen molar-refractivity contribution < 1.29 is 22.7 Å². The lowest BCUT2D eigenvalue weighted by atomic mass is 9.86. The van der Waals surface area contributed by atoms with Gasteiger partial charge in [-0.05, 0) is 62.1 Å². The SMILES string of the molecule is COc1ccc(S(=O)(=O)N2CCC3(CC2)C(=O)N(CC(=O)N2CCCC2)CN3c2ccccc2)cc1. The summed E-state index contributed by atoms with van der Waals surface area (Å²) in [6.45, 7) is 2.29. The number of carbonyl (C=O) groups is 2. The molecule has 3 saturated heterocycles. The molecule has 0 unspecified atom stereocenters. The van der Waals surface area contributed by atoms with Crippen LogP contribution in [0.3, 0.4) is 0 Å². The number of hydrogen-bond acceptors (Lipinski definition) is 6. The van der Waals surface area contributed by atoms with E-state index in [-0.39, 0.29) is 36.3 Å². The summed E-state index contributed by atoms with van der Waals surface area (Å²) < 4.78 is 33.2. The second kappa shape index (κ2) is 9.74. The van der Waals surface area contributed by atoms with Gasteiger partial charge in [-0.1, -0.05) is 18.2 Å². The van der Waals surface area contributed by atoms with E-state index in [1.165, 1.54) is 11.4 Å². The maximum Gasteiger partial charge on any atom is 0.250 e. The fourth-order valence-electron chi connectivity index (χ4n) is 5.55. The minimum Gasteiger partial charge on any atom is -0.497 e. The van der Waals surface area contributed by atoms with Crippen LogP contribution in [0.25, 0.3) is 0 Å². The Morgan fingerprint density at radius 1 is 0.944 bits per heavy atom. The van der Waals surface area contributed by atoms with Crippen LogP contribution in [0.15, 0.2) is 59.5 Å². The highest BCUT2D eigenvalue weighted by atomic mass is 32.2. The average Bonchev–Trinajstić information content (AvgIpc) is 3.54. The Labute approximate surface area is 212 Å². The number of likely N-dealkylation sites (tertiary alicyclic amines) is 1. The van der Waals surface area contributed by atoms with E-state index in [0.717, 1.165) is 31.6 Å². The molecule has 192 valence electrons. The van der Waals surface area contributed by atoms with E-state index in [1.807, 2.05) is 35.2 Å². The molecule has 0 aromatic heterocycles. The minimum atomic E-state index is -3.70. The molecule has 2 amide bonds. The molecule has 3 aliphatic heterocycles. The Bertz CT molecular complexity index is 1200. The Hall–Kier alpha value is -3.11. The van der Waals surface area contributed by atoms with E-state index >= 15 is 0 Å². The molecule has 5 rings (SSSR count). The number of anilines is 1. The van der Waals surface area contributed by atoms with Crippen LogP contribution in [0.5, 0.6) is 5.75 Å². The summed E-state index contributed by atoms with van der Waals surface area (Å²) in [6.07, 6.45) is 2.70. The Morgan fingerprint density at radius 3 is 2.19 bits per heavy atom. The Morgan fingerprint density at radius 2 is 1.58 bits per heavy atom. The van der Waals surface area contributed by atoms with Crippen molar-refractivity contribution in [3.63, 3.8) is 0 Å². The van der Waals surface area contributed by atoms with Gasteiger partial charge in [0, 0.05) is 31.9 Å². The largest absolute Gasteiger partial charge is 0.497 e. The van der Waals surface area contributed by atoms with Gasteiger partial charge in [0.05, 0.1) is 18.7 Å². The number of rotatable bonds is 6. The summed E-state index contributed by atoms with van der Waals surface area (Å²) in [5, 5.41) is 0. The number of para-hydroxylation sites is 1. The molecule has 9 nitrogen and oxygen atoms in total. The summed E-state index contributed by atoms with van der Waals surface area (Å²) in [5.41, 5.74) is 0.0203. The van der Waals surface area contributed by atoms with E-state index in [4.69, 9.17) is 4.74 Å². The predicted molar refractivity (Wildman–Crippen MR) is 135 cm³/mol. The molecule has 0 N–H and O–H groups in total. The predicted octanol–water partition coefficient (Wildman–Crippen LogP) is 2.15.